The van der Waals surface area contributed by atoms with Crippen LogP contribution in [0.2, 0.25) is 0 Å². The van der Waals surface area contributed by atoms with Crippen molar-refractivity contribution in [2.75, 3.05) is 19.7 Å². The zero-order chi connectivity index (χ0) is 21.6. The molecule has 1 fully saturated rings. The van der Waals surface area contributed by atoms with Crippen molar-refractivity contribution in [3.05, 3.63) is 71.6 Å². The number of piperidine rings is 1. The number of nitrogens with one attached hydrogen (secondary N) is 1. The van der Waals surface area contributed by atoms with Crippen LogP contribution in [0.5, 0.6) is 5.75 Å². The Bertz CT molecular complexity index is 1020. The molecule has 0 saturated carbocycles. The maximum absolute atomic E-state index is 12.0. The number of carbonyl (C=O) groups excluding carboxylic acids is 1. The van der Waals surface area contributed by atoms with Gasteiger partial charge in [-0.1, -0.05) is 30.3 Å². The molecule has 1 aliphatic heterocycles. The summed E-state index contributed by atoms with van der Waals surface area (Å²) in [5.74, 6) is 3.13. The van der Waals surface area contributed by atoms with Crippen LogP contribution in [-0.2, 0) is 17.6 Å². The van der Waals surface area contributed by atoms with Gasteiger partial charge in [-0.2, -0.15) is 0 Å². The first-order chi connectivity index (χ1) is 15.1. The normalized spacial score (nSPS) is 18.1. The number of benzene rings is 2. The Balaban J connectivity index is 0.00000289. The van der Waals surface area contributed by atoms with E-state index in [-0.39, 0.29) is 18.3 Å². The highest BCUT2D eigenvalue weighted by atomic mass is 35.5. The lowest BCUT2D eigenvalue weighted by Gasteiger charge is -2.30. The number of Topliss-reactive ketones (excluding diaryl/α,β-unsaturated/α-hetero) is 1. The van der Waals surface area contributed by atoms with E-state index in [1.807, 2.05) is 49.4 Å². The van der Waals surface area contributed by atoms with Crippen molar-refractivity contribution in [3.8, 4) is 17.2 Å². The number of ketones is 1. The van der Waals surface area contributed by atoms with Crippen LogP contribution >= 0.6 is 12.4 Å². The highest BCUT2D eigenvalue weighted by Gasteiger charge is 2.28. The summed E-state index contributed by atoms with van der Waals surface area (Å²) in [6.45, 7) is 6.02. The number of halogens is 1. The molecule has 5 nitrogen and oxygen atoms in total. The van der Waals surface area contributed by atoms with E-state index in [1.54, 1.807) is 6.92 Å². The van der Waals surface area contributed by atoms with Crippen LogP contribution in [0.3, 0.4) is 0 Å². The highest BCUT2D eigenvalue weighted by molar-refractivity contribution is 5.85. The minimum absolute atomic E-state index is 0. The van der Waals surface area contributed by atoms with Crippen LogP contribution in [0.25, 0.3) is 11.5 Å². The van der Waals surface area contributed by atoms with Crippen molar-refractivity contribution in [2.24, 2.45) is 11.8 Å². The predicted molar refractivity (Wildman–Crippen MR) is 128 cm³/mol. The molecule has 1 N–H and O–H groups in total. The monoisotopic (exact) mass is 454 g/mol. The Morgan fingerprint density at radius 1 is 1.19 bits per heavy atom. The number of aryl methyl sites for hydroxylation is 1. The molecule has 4 rings (SSSR count). The van der Waals surface area contributed by atoms with E-state index in [0.717, 1.165) is 48.7 Å². The summed E-state index contributed by atoms with van der Waals surface area (Å²) in [4.78, 5) is 16.6. The van der Waals surface area contributed by atoms with Crippen molar-refractivity contribution in [1.82, 2.24) is 10.3 Å². The standard InChI is InChI=1S/C26H30N2O3.ClH/c1-18(29)24-11-13-27-17-22(24)15-20-7-6-10-23(16-20)30-14-12-25-19(2)31-26(28-25)21-8-4-3-5-9-21;/h3-10,16,22,24,27H,11-15,17H2,1-2H3;1H/t22?,24-;/m1./s1. The lowest BCUT2D eigenvalue weighted by molar-refractivity contribution is -0.123. The average molecular weight is 455 g/mol. The molecule has 3 aromatic rings. The number of aromatic nitrogens is 1. The zero-order valence-electron chi connectivity index (χ0n) is 18.7. The van der Waals surface area contributed by atoms with Gasteiger partial charge in [0.1, 0.15) is 17.3 Å². The Labute approximate surface area is 196 Å². The molecule has 1 aromatic heterocycles. The molecular formula is C26H31ClN2O3. The molecule has 1 aliphatic rings. The number of carbonyl (C=O) groups is 1. The van der Waals surface area contributed by atoms with Gasteiger partial charge in [-0.05, 0) is 75.5 Å². The smallest absolute Gasteiger partial charge is 0.226 e. The maximum atomic E-state index is 12.0. The molecule has 2 heterocycles. The number of hydrogen-bond acceptors (Lipinski definition) is 5. The quantitative estimate of drug-likeness (QED) is 0.516. The van der Waals surface area contributed by atoms with Gasteiger partial charge in [0.05, 0.1) is 12.3 Å². The SMILES string of the molecule is CC(=O)[C@H]1CCNCC1Cc1cccc(OCCc2nc(-c3ccccc3)oc2C)c1.Cl. The summed E-state index contributed by atoms with van der Waals surface area (Å²) < 4.78 is 11.9. The van der Waals surface area contributed by atoms with Gasteiger partial charge in [0.25, 0.3) is 0 Å². The Kier molecular flexibility index (Phi) is 8.48. The third kappa shape index (κ3) is 5.99. The molecule has 0 aliphatic carbocycles. The highest BCUT2D eigenvalue weighted by Crippen LogP contribution is 2.26. The number of rotatable bonds is 8. The van der Waals surface area contributed by atoms with Crippen LogP contribution in [0.4, 0.5) is 0 Å². The van der Waals surface area contributed by atoms with E-state index >= 15 is 0 Å². The molecule has 1 saturated heterocycles. The number of ether oxygens (including phenoxy) is 1. The molecule has 170 valence electrons. The fraction of sp³-hybridized carbons (Fsp3) is 0.385. The summed E-state index contributed by atoms with van der Waals surface area (Å²) >= 11 is 0. The number of nitrogens with zero attached hydrogens (tertiary/aromatic N) is 1. The molecule has 0 bridgehead atoms. The Morgan fingerprint density at radius 3 is 2.78 bits per heavy atom. The van der Waals surface area contributed by atoms with E-state index < -0.39 is 0 Å². The minimum atomic E-state index is 0. The van der Waals surface area contributed by atoms with Crippen LogP contribution in [0.1, 0.15) is 30.4 Å². The molecule has 6 heteroatoms. The second-order valence-electron chi connectivity index (χ2n) is 8.31. The van der Waals surface area contributed by atoms with Gasteiger partial charge in [0, 0.05) is 17.9 Å². The van der Waals surface area contributed by atoms with E-state index in [1.165, 1.54) is 5.56 Å². The minimum Gasteiger partial charge on any atom is -0.493 e. The summed E-state index contributed by atoms with van der Waals surface area (Å²) in [5, 5.41) is 3.43. The van der Waals surface area contributed by atoms with E-state index in [9.17, 15) is 4.79 Å². The van der Waals surface area contributed by atoms with Gasteiger partial charge >= 0.3 is 0 Å². The lowest BCUT2D eigenvalue weighted by atomic mass is 9.80. The summed E-state index contributed by atoms with van der Waals surface area (Å²) in [6.07, 6.45) is 2.50. The van der Waals surface area contributed by atoms with Crippen LogP contribution < -0.4 is 10.1 Å². The van der Waals surface area contributed by atoms with Crippen molar-refractivity contribution in [2.45, 2.75) is 33.1 Å². The molecule has 0 radical (unpaired) electrons. The number of hydrogen-bond donors (Lipinski definition) is 1. The Hall–Kier alpha value is -2.63. The molecular weight excluding hydrogens is 424 g/mol. The molecule has 2 aromatic carbocycles. The van der Waals surface area contributed by atoms with E-state index in [0.29, 0.717) is 30.6 Å². The first-order valence-electron chi connectivity index (χ1n) is 11.0. The fourth-order valence-corrected chi connectivity index (χ4v) is 4.37. The molecule has 32 heavy (non-hydrogen) atoms. The lowest BCUT2D eigenvalue weighted by Crippen LogP contribution is -2.40. The van der Waals surface area contributed by atoms with Crippen molar-refractivity contribution >= 4 is 18.2 Å². The third-order valence-corrected chi connectivity index (χ3v) is 6.05. The largest absolute Gasteiger partial charge is 0.493 e. The fourth-order valence-electron chi connectivity index (χ4n) is 4.37. The van der Waals surface area contributed by atoms with Crippen molar-refractivity contribution in [1.29, 1.82) is 0 Å². The van der Waals surface area contributed by atoms with Crippen molar-refractivity contribution in [3.63, 3.8) is 0 Å². The molecule has 1 unspecified atom stereocenters. The van der Waals surface area contributed by atoms with Crippen LogP contribution in [-0.4, -0.2) is 30.5 Å². The first kappa shape index (κ1) is 24.0. The van der Waals surface area contributed by atoms with Gasteiger partial charge in [-0.25, -0.2) is 4.98 Å². The van der Waals surface area contributed by atoms with Crippen molar-refractivity contribution < 1.29 is 13.9 Å². The van der Waals surface area contributed by atoms with Gasteiger partial charge in [0.2, 0.25) is 5.89 Å². The second kappa shape index (κ2) is 11.3. The van der Waals surface area contributed by atoms with Gasteiger partial charge in [0.15, 0.2) is 0 Å². The zero-order valence-corrected chi connectivity index (χ0v) is 19.5. The summed E-state index contributed by atoms with van der Waals surface area (Å²) in [6, 6.07) is 18.1. The summed E-state index contributed by atoms with van der Waals surface area (Å²) in [7, 11) is 0. The second-order valence-corrected chi connectivity index (χ2v) is 8.31. The number of oxazole rings is 1. The average Bonchev–Trinajstić information content (AvgIpc) is 3.15. The van der Waals surface area contributed by atoms with Gasteiger partial charge in [-0.15, -0.1) is 12.4 Å². The molecule has 0 spiro atoms. The maximum Gasteiger partial charge on any atom is 0.226 e. The molecule has 0 amide bonds. The van der Waals surface area contributed by atoms with Crippen LogP contribution in [0, 0.1) is 18.8 Å². The topological polar surface area (TPSA) is 64.4 Å². The first-order valence-corrected chi connectivity index (χ1v) is 11.0. The van der Waals surface area contributed by atoms with E-state index in [4.69, 9.17) is 9.15 Å². The van der Waals surface area contributed by atoms with E-state index in [2.05, 4.69) is 22.4 Å². The Morgan fingerprint density at radius 2 is 2.00 bits per heavy atom. The molecule has 2 atom stereocenters. The predicted octanol–water partition coefficient (Wildman–Crippen LogP) is 5.05. The van der Waals surface area contributed by atoms with Gasteiger partial charge in [-0.3, -0.25) is 4.79 Å². The van der Waals surface area contributed by atoms with Gasteiger partial charge < -0.3 is 14.5 Å². The van der Waals surface area contributed by atoms with Crippen LogP contribution in [0.15, 0.2) is 59.0 Å². The summed E-state index contributed by atoms with van der Waals surface area (Å²) in [5.41, 5.74) is 3.11. The third-order valence-electron chi connectivity index (χ3n) is 6.05.